The summed E-state index contributed by atoms with van der Waals surface area (Å²) in [6.45, 7) is 0.621. The summed E-state index contributed by atoms with van der Waals surface area (Å²) < 4.78 is 14.0. The summed E-state index contributed by atoms with van der Waals surface area (Å²) in [5, 5.41) is 2.83. The van der Waals surface area contributed by atoms with E-state index in [-0.39, 0.29) is 11.7 Å². The highest BCUT2D eigenvalue weighted by atomic mass is 19.1. The quantitative estimate of drug-likeness (QED) is 0.764. The van der Waals surface area contributed by atoms with E-state index in [1.807, 2.05) is 0 Å². The van der Waals surface area contributed by atoms with E-state index < -0.39 is 0 Å². The predicted molar refractivity (Wildman–Crippen MR) is 83.2 cm³/mol. The molecule has 23 heavy (non-hydrogen) atoms. The number of hydrogen-bond donors (Lipinski definition) is 2. The van der Waals surface area contributed by atoms with Gasteiger partial charge in [0.25, 0.3) is 5.91 Å². The van der Waals surface area contributed by atoms with Gasteiger partial charge < -0.3 is 10.3 Å². The maximum absolute atomic E-state index is 14.0. The van der Waals surface area contributed by atoms with E-state index >= 15 is 0 Å². The Balaban J connectivity index is 1.83. The fourth-order valence-corrected chi connectivity index (χ4v) is 2.83. The van der Waals surface area contributed by atoms with Gasteiger partial charge in [-0.3, -0.25) is 4.79 Å². The van der Waals surface area contributed by atoms with E-state index in [0.29, 0.717) is 34.6 Å². The predicted octanol–water partition coefficient (Wildman–Crippen LogP) is 2.56. The zero-order valence-corrected chi connectivity index (χ0v) is 12.1. The maximum Gasteiger partial charge on any atom is 0.253 e. The van der Waals surface area contributed by atoms with Crippen molar-refractivity contribution in [1.29, 1.82) is 0 Å². The van der Waals surface area contributed by atoms with Crippen LogP contribution in [-0.2, 0) is 6.42 Å². The lowest BCUT2D eigenvalue weighted by Crippen LogP contribution is -2.31. The standard InChI is InChI=1S/C17H13FN4O/c18-12-4-2-1-3-10(12)14-7-15(22-9-21-14)11-8-20-13-5-6-19-17(23)16(11)13/h1-4,7-9,20H,5-6H2,(H,19,23). The van der Waals surface area contributed by atoms with Crippen LogP contribution in [0.15, 0.2) is 42.9 Å². The van der Waals surface area contributed by atoms with E-state index in [9.17, 15) is 9.18 Å². The molecule has 0 fully saturated rings. The number of nitrogens with one attached hydrogen (secondary N) is 2. The molecule has 3 heterocycles. The summed E-state index contributed by atoms with van der Waals surface area (Å²) in [7, 11) is 0. The monoisotopic (exact) mass is 308 g/mol. The van der Waals surface area contributed by atoms with E-state index in [4.69, 9.17) is 0 Å². The fourth-order valence-electron chi connectivity index (χ4n) is 2.83. The van der Waals surface area contributed by atoms with Crippen molar-refractivity contribution in [1.82, 2.24) is 20.3 Å². The number of halogens is 1. The first-order valence-corrected chi connectivity index (χ1v) is 7.30. The molecule has 0 aliphatic carbocycles. The van der Waals surface area contributed by atoms with Crippen LogP contribution in [0, 0.1) is 5.82 Å². The Hall–Kier alpha value is -3.02. The van der Waals surface area contributed by atoms with Crippen LogP contribution in [0.2, 0.25) is 0 Å². The molecule has 2 N–H and O–H groups in total. The number of nitrogens with zero attached hydrogens (tertiary/aromatic N) is 2. The fraction of sp³-hybridized carbons (Fsp3) is 0.118. The largest absolute Gasteiger partial charge is 0.364 e. The number of benzene rings is 1. The van der Waals surface area contributed by atoms with E-state index in [1.165, 1.54) is 12.4 Å². The van der Waals surface area contributed by atoms with E-state index in [2.05, 4.69) is 20.3 Å². The lowest BCUT2D eigenvalue weighted by molar-refractivity contribution is 0.0946. The molecule has 1 amide bonds. The molecule has 1 aromatic carbocycles. The van der Waals surface area contributed by atoms with Crippen molar-refractivity contribution in [2.45, 2.75) is 6.42 Å². The lowest BCUT2D eigenvalue weighted by Gasteiger charge is -2.13. The van der Waals surface area contributed by atoms with Gasteiger partial charge in [0, 0.05) is 36.0 Å². The van der Waals surface area contributed by atoms with Gasteiger partial charge in [0.1, 0.15) is 12.1 Å². The van der Waals surface area contributed by atoms with Crippen molar-refractivity contribution in [3.63, 3.8) is 0 Å². The van der Waals surface area contributed by atoms with Crippen LogP contribution in [0.5, 0.6) is 0 Å². The molecule has 0 unspecified atom stereocenters. The van der Waals surface area contributed by atoms with Gasteiger partial charge >= 0.3 is 0 Å². The normalized spacial score (nSPS) is 13.5. The molecule has 114 valence electrons. The highest BCUT2D eigenvalue weighted by Gasteiger charge is 2.24. The Labute approximate surface area is 131 Å². The van der Waals surface area contributed by atoms with Crippen LogP contribution in [0.1, 0.15) is 16.1 Å². The molecule has 1 aliphatic heterocycles. The van der Waals surface area contributed by atoms with Gasteiger partial charge in [-0.25, -0.2) is 14.4 Å². The number of carbonyl (C=O) groups is 1. The van der Waals surface area contributed by atoms with Crippen molar-refractivity contribution in [2.75, 3.05) is 6.54 Å². The van der Waals surface area contributed by atoms with Gasteiger partial charge in [0.05, 0.1) is 17.0 Å². The molecule has 0 bridgehead atoms. The van der Waals surface area contributed by atoms with Crippen LogP contribution in [0.3, 0.4) is 0 Å². The number of fused-ring (bicyclic) bond motifs is 1. The van der Waals surface area contributed by atoms with Crippen LogP contribution < -0.4 is 5.32 Å². The summed E-state index contributed by atoms with van der Waals surface area (Å²) in [4.78, 5) is 23.6. The van der Waals surface area contributed by atoms with Gasteiger partial charge in [-0.15, -0.1) is 0 Å². The molecule has 0 saturated heterocycles. The smallest absolute Gasteiger partial charge is 0.253 e. The third kappa shape index (κ3) is 2.28. The second-order valence-electron chi connectivity index (χ2n) is 5.33. The number of hydrogen-bond acceptors (Lipinski definition) is 3. The van der Waals surface area contributed by atoms with Gasteiger partial charge in [0.15, 0.2) is 0 Å². The van der Waals surface area contributed by atoms with Crippen molar-refractivity contribution in [3.8, 4) is 22.5 Å². The first-order chi connectivity index (χ1) is 11.2. The Morgan fingerprint density at radius 1 is 1.09 bits per heavy atom. The molecular formula is C17H13FN4O. The molecule has 5 nitrogen and oxygen atoms in total. The average Bonchev–Trinajstić information content (AvgIpc) is 3.01. The molecule has 0 spiro atoms. The topological polar surface area (TPSA) is 70.7 Å². The van der Waals surface area contributed by atoms with E-state index in [1.54, 1.807) is 30.5 Å². The molecule has 0 radical (unpaired) electrons. The summed E-state index contributed by atoms with van der Waals surface area (Å²) in [6.07, 6.45) is 3.91. The number of aromatic nitrogens is 3. The minimum Gasteiger partial charge on any atom is -0.364 e. The van der Waals surface area contributed by atoms with Crippen molar-refractivity contribution < 1.29 is 9.18 Å². The van der Waals surface area contributed by atoms with Crippen molar-refractivity contribution in [3.05, 3.63) is 59.9 Å². The SMILES string of the molecule is O=C1NCCc2[nH]cc(-c3cc(-c4ccccc4F)ncn3)c21. The Morgan fingerprint density at radius 2 is 1.87 bits per heavy atom. The molecule has 1 aliphatic rings. The molecule has 6 heteroatoms. The first kappa shape index (κ1) is 13.6. The number of amides is 1. The minimum absolute atomic E-state index is 0.117. The molecule has 4 rings (SSSR count). The summed E-state index contributed by atoms with van der Waals surface area (Å²) in [5.74, 6) is -0.459. The Kier molecular flexibility index (Phi) is 3.15. The zero-order chi connectivity index (χ0) is 15.8. The second-order valence-corrected chi connectivity index (χ2v) is 5.33. The average molecular weight is 308 g/mol. The Bertz CT molecular complexity index is 903. The van der Waals surface area contributed by atoms with Crippen LogP contribution in [-0.4, -0.2) is 27.4 Å². The Morgan fingerprint density at radius 3 is 2.70 bits per heavy atom. The highest BCUT2D eigenvalue weighted by molar-refractivity contribution is 6.02. The first-order valence-electron chi connectivity index (χ1n) is 7.30. The minimum atomic E-state index is -0.342. The van der Waals surface area contributed by atoms with E-state index in [0.717, 1.165) is 12.1 Å². The van der Waals surface area contributed by atoms with Gasteiger partial charge in [0.2, 0.25) is 0 Å². The van der Waals surface area contributed by atoms with Crippen molar-refractivity contribution >= 4 is 5.91 Å². The summed E-state index contributed by atoms with van der Waals surface area (Å²) in [6, 6.07) is 8.15. The number of aromatic amines is 1. The molecular weight excluding hydrogens is 295 g/mol. The van der Waals surface area contributed by atoms with Crippen LogP contribution in [0.25, 0.3) is 22.5 Å². The van der Waals surface area contributed by atoms with Gasteiger partial charge in [-0.2, -0.15) is 0 Å². The third-order valence-corrected chi connectivity index (χ3v) is 3.94. The molecule has 0 saturated carbocycles. The second kappa shape index (κ2) is 5.31. The summed E-state index contributed by atoms with van der Waals surface area (Å²) in [5.41, 5.74) is 3.69. The molecule has 3 aromatic rings. The highest BCUT2D eigenvalue weighted by Crippen LogP contribution is 2.29. The number of rotatable bonds is 2. The maximum atomic E-state index is 14.0. The van der Waals surface area contributed by atoms with Crippen LogP contribution in [0.4, 0.5) is 4.39 Å². The lowest BCUT2D eigenvalue weighted by atomic mass is 10.0. The van der Waals surface area contributed by atoms with Crippen LogP contribution >= 0.6 is 0 Å². The third-order valence-electron chi connectivity index (χ3n) is 3.94. The molecule has 0 atom stereocenters. The van der Waals surface area contributed by atoms with Gasteiger partial charge in [-0.05, 0) is 18.2 Å². The van der Waals surface area contributed by atoms with Gasteiger partial charge in [-0.1, -0.05) is 12.1 Å². The zero-order valence-electron chi connectivity index (χ0n) is 12.1. The summed E-state index contributed by atoms with van der Waals surface area (Å²) >= 11 is 0. The molecule has 2 aromatic heterocycles. The number of carbonyl (C=O) groups excluding carboxylic acids is 1. The number of H-pyrrole nitrogens is 1. The van der Waals surface area contributed by atoms with Crippen molar-refractivity contribution in [2.24, 2.45) is 0 Å².